The molecule has 0 N–H and O–H groups in total. The number of hydrogen-bond acceptors (Lipinski definition) is 3. The lowest BCUT2D eigenvalue weighted by molar-refractivity contribution is -0.000241. The lowest BCUT2D eigenvalue weighted by Gasteiger charge is -2.24. The second-order valence-electron chi connectivity index (χ2n) is 3.37. The fraction of sp³-hybridized carbons (Fsp3) is 0.875. The maximum Gasteiger partial charge on any atom is 0.146 e. The lowest BCUT2D eigenvalue weighted by Crippen LogP contribution is -2.30. The van der Waals surface area contributed by atoms with Crippen molar-refractivity contribution in [2.24, 2.45) is 5.92 Å². The monoisotopic (exact) mass is 174 g/mol. The molecule has 11 heavy (non-hydrogen) atoms. The molecule has 0 aliphatic carbocycles. The molecule has 1 saturated heterocycles. The molecule has 0 spiro atoms. The highest BCUT2D eigenvalue weighted by atomic mass is 32.1. The zero-order valence-electron chi connectivity index (χ0n) is 7.00. The van der Waals surface area contributed by atoms with Gasteiger partial charge in [-0.1, -0.05) is 0 Å². The van der Waals surface area contributed by atoms with Gasteiger partial charge in [0.2, 0.25) is 0 Å². The van der Waals surface area contributed by atoms with Crippen molar-refractivity contribution in [2.45, 2.75) is 25.9 Å². The molecule has 1 aliphatic heterocycles. The van der Waals surface area contributed by atoms with Crippen molar-refractivity contribution in [1.82, 2.24) is 0 Å². The Hall–Kier alpha value is -0.150. The van der Waals surface area contributed by atoms with Gasteiger partial charge in [0, 0.05) is 12.5 Å². The molecule has 0 bridgehead atoms. The minimum absolute atomic E-state index is 0.0294. The molecule has 64 valence electrons. The van der Waals surface area contributed by atoms with Gasteiger partial charge in [-0.05, 0) is 32.5 Å². The number of rotatable bonds is 3. The topological polar surface area (TPSA) is 18.5 Å². The van der Waals surface area contributed by atoms with E-state index in [1.54, 1.807) is 0 Å². The Bertz CT molecular complexity index is 145. The summed E-state index contributed by atoms with van der Waals surface area (Å²) in [6.45, 7) is 5.73. The second-order valence-corrected chi connectivity index (χ2v) is 3.56. The van der Waals surface area contributed by atoms with Crippen LogP contribution in [0, 0.1) is 5.92 Å². The average Bonchev–Trinajstić information content (AvgIpc) is 2.25. The predicted octanol–water partition coefficient (Wildman–Crippen LogP) is 1.78. The molecule has 1 rings (SSSR count). The van der Waals surface area contributed by atoms with Gasteiger partial charge in [0.25, 0.3) is 0 Å². The summed E-state index contributed by atoms with van der Waals surface area (Å²) in [6, 6.07) is 0. The molecule has 2 nitrogen and oxygen atoms in total. The first-order valence-electron chi connectivity index (χ1n) is 3.86. The molecule has 1 aliphatic rings. The molecule has 0 aromatic rings. The van der Waals surface area contributed by atoms with Crippen molar-refractivity contribution in [2.75, 3.05) is 13.2 Å². The molecule has 3 heteroatoms. The highest BCUT2D eigenvalue weighted by Crippen LogP contribution is 2.31. The Morgan fingerprint density at radius 2 is 2.45 bits per heavy atom. The second kappa shape index (κ2) is 3.50. The van der Waals surface area contributed by atoms with E-state index in [0.29, 0.717) is 12.5 Å². The van der Waals surface area contributed by atoms with Gasteiger partial charge < -0.3 is 9.47 Å². The van der Waals surface area contributed by atoms with Gasteiger partial charge in [-0.25, -0.2) is 0 Å². The lowest BCUT2D eigenvalue weighted by atomic mass is 9.92. The highest BCUT2D eigenvalue weighted by molar-refractivity contribution is 7.78. The third-order valence-electron chi connectivity index (χ3n) is 2.29. The van der Waals surface area contributed by atoms with Crippen LogP contribution in [0.25, 0.3) is 0 Å². The summed E-state index contributed by atoms with van der Waals surface area (Å²) in [5, 5.41) is 0. The van der Waals surface area contributed by atoms with Gasteiger partial charge in [-0.3, -0.25) is 0 Å². The molecular formula is C8H14O2S. The summed E-state index contributed by atoms with van der Waals surface area (Å²) >= 11 is 4.57. The van der Waals surface area contributed by atoms with Gasteiger partial charge in [-0.15, -0.1) is 0 Å². The average molecular weight is 174 g/mol. The third-order valence-corrected chi connectivity index (χ3v) is 2.43. The Kier molecular flexibility index (Phi) is 2.84. The van der Waals surface area contributed by atoms with Crippen LogP contribution in [-0.4, -0.2) is 24.4 Å². The Morgan fingerprint density at radius 3 is 2.91 bits per heavy atom. The van der Waals surface area contributed by atoms with E-state index < -0.39 is 0 Å². The van der Waals surface area contributed by atoms with Crippen molar-refractivity contribution in [3.63, 3.8) is 0 Å². The summed E-state index contributed by atoms with van der Waals surface area (Å²) in [7, 11) is 0. The molecule has 1 atom stereocenters. The van der Waals surface area contributed by atoms with E-state index in [2.05, 4.69) is 26.1 Å². The third kappa shape index (κ3) is 2.14. The molecule has 0 radical (unpaired) electrons. The largest absolute Gasteiger partial charge is 0.489 e. The van der Waals surface area contributed by atoms with Crippen molar-refractivity contribution in [3.05, 3.63) is 0 Å². The SMILES string of the molecule is CC1(C)OCCC1COC=S. The predicted molar refractivity (Wildman–Crippen MR) is 47.7 cm³/mol. The zero-order chi connectivity index (χ0) is 8.32. The van der Waals surface area contributed by atoms with Gasteiger partial charge in [0.15, 0.2) is 0 Å². The van der Waals surface area contributed by atoms with Gasteiger partial charge in [0.05, 0.1) is 12.2 Å². The van der Waals surface area contributed by atoms with Crippen molar-refractivity contribution in [1.29, 1.82) is 0 Å². The summed E-state index contributed by atoms with van der Waals surface area (Å²) in [5.74, 6) is 0.488. The molecular weight excluding hydrogens is 160 g/mol. The molecule has 0 amide bonds. The molecule has 0 saturated carbocycles. The summed E-state index contributed by atoms with van der Waals surface area (Å²) < 4.78 is 10.6. The minimum Gasteiger partial charge on any atom is -0.489 e. The minimum atomic E-state index is -0.0294. The molecule has 1 unspecified atom stereocenters. The fourth-order valence-corrected chi connectivity index (χ4v) is 1.45. The van der Waals surface area contributed by atoms with Crippen LogP contribution in [0.2, 0.25) is 0 Å². The van der Waals surface area contributed by atoms with Crippen LogP contribution in [0.3, 0.4) is 0 Å². The van der Waals surface area contributed by atoms with E-state index in [1.807, 2.05) is 0 Å². The van der Waals surface area contributed by atoms with Crippen LogP contribution < -0.4 is 0 Å². The van der Waals surface area contributed by atoms with Crippen molar-refractivity contribution < 1.29 is 9.47 Å². The van der Waals surface area contributed by atoms with Crippen LogP contribution in [0.4, 0.5) is 0 Å². The number of ether oxygens (including phenoxy) is 2. The van der Waals surface area contributed by atoms with Crippen molar-refractivity contribution >= 4 is 17.8 Å². The van der Waals surface area contributed by atoms with E-state index in [0.717, 1.165) is 13.0 Å². The molecule has 0 aromatic heterocycles. The first kappa shape index (κ1) is 8.94. The van der Waals surface area contributed by atoms with Gasteiger partial charge in [0.1, 0.15) is 5.55 Å². The van der Waals surface area contributed by atoms with Gasteiger partial charge >= 0.3 is 0 Å². The van der Waals surface area contributed by atoms with Crippen LogP contribution in [0.5, 0.6) is 0 Å². The smallest absolute Gasteiger partial charge is 0.146 e. The first-order valence-corrected chi connectivity index (χ1v) is 4.33. The van der Waals surface area contributed by atoms with Crippen LogP contribution in [0.1, 0.15) is 20.3 Å². The zero-order valence-corrected chi connectivity index (χ0v) is 7.82. The normalized spacial score (nSPS) is 28.4. The molecule has 0 aromatic carbocycles. The van der Waals surface area contributed by atoms with E-state index in [-0.39, 0.29) is 5.60 Å². The van der Waals surface area contributed by atoms with E-state index >= 15 is 0 Å². The maximum atomic E-state index is 5.52. The van der Waals surface area contributed by atoms with Crippen molar-refractivity contribution in [3.8, 4) is 0 Å². The fourth-order valence-electron chi connectivity index (χ4n) is 1.37. The number of thiocarbonyl (C=S) groups is 1. The summed E-state index contributed by atoms with van der Waals surface area (Å²) in [5.41, 5.74) is 1.30. The van der Waals surface area contributed by atoms with Crippen LogP contribution in [-0.2, 0) is 9.47 Å². The number of hydrogen-bond donors (Lipinski definition) is 0. The van der Waals surface area contributed by atoms with E-state index in [4.69, 9.17) is 9.47 Å². The molecule has 1 fully saturated rings. The maximum absolute atomic E-state index is 5.52. The Labute approximate surface area is 72.9 Å². The van der Waals surface area contributed by atoms with Crippen LogP contribution in [0.15, 0.2) is 0 Å². The Balaban J connectivity index is 2.38. The highest BCUT2D eigenvalue weighted by Gasteiger charge is 2.35. The quantitative estimate of drug-likeness (QED) is 0.608. The van der Waals surface area contributed by atoms with E-state index in [1.165, 1.54) is 5.55 Å². The van der Waals surface area contributed by atoms with Crippen LogP contribution >= 0.6 is 12.2 Å². The first-order chi connectivity index (χ1) is 5.17. The van der Waals surface area contributed by atoms with E-state index in [9.17, 15) is 0 Å². The standard InChI is InChI=1S/C8H14O2S/c1-8(2)7(3-4-10-8)5-9-6-11/h6-7H,3-5H2,1-2H3. The molecule has 1 heterocycles. The van der Waals surface area contributed by atoms with Gasteiger partial charge in [-0.2, -0.15) is 0 Å². The summed E-state index contributed by atoms with van der Waals surface area (Å²) in [6.07, 6.45) is 1.08. The summed E-state index contributed by atoms with van der Waals surface area (Å²) in [4.78, 5) is 0. The Morgan fingerprint density at radius 1 is 1.73 bits per heavy atom.